The van der Waals surface area contributed by atoms with Gasteiger partial charge in [0.1, 0.15) is 4.90 Å². The molecule has 1 aromatic heterocycles. The van der Waals surface area contributed by atoms with Crippen LogP contribution < -0.4 is 0 Å². The number of aromatic nitrogens is 2. The molecule has 1 aromatic rings. The molecule has 0 saturated carbocycles. The van der Waals surface area contributed by atoms with Crippen LogP contribution in [0.15, 0.2) is 17.3 Å². The number of aryl methyl sites for hydroxylation is 1. The molecule has 1 saturated heterocycles. The van der Waals surface area contributed by atoms with Crippen LogP contribution in [0.1, 0.15) is 12.8 Å². The lowest BCUT2D eigenvalue weighted by Crippen LogP contribution is -2.40. The fourth-order valence-electron chi connectivity index (χ4n) is 2.10. The second-order valence-electron chi connectivity index (χ2n) is 4.49. The Balaban J connectivity index is 2.15. The van der Waals surface area contributed by atoms with Gasteiger partial charge in [0.2, 0.25) is 10.0 Å². The summed E-state index contributed by atoms with van der Waals surface area (Å²) in [5.74, 6) is 0.400. The highest BCUT2D eigenvalue weighted by atomic mass is 35.5. The number of hydrogen-bond acceptors (Lipinski definition) is 4. The van der Waals surface area contributed by atoms with Gasteiger partial charge in [-0.15, -0.1) is 11.6 Å². The van der Waals surface area contributed by atoms with E-state index in [0.29, 0.717) is 25.6 Å². The Kier molecular flexibility index (Phi) is 4.83. The molecule has 0 unspecified atom stereocenters. The minimum Gasteiger partial charge on any atom is -0.381 e. The monoisotopic (exact) mass is 307 g/mol. The van der Waals surface area contributed by atoms with Gasteiger partial charge >= 0.3 is 0 Å². The van der Waals surface area contributed by atoms with Crippen LogP contribution in [-0.4, -0.2) is 54.7 Å². The lowest BCUT2D eigenvalue weighted by atomic mass is 10.1. The first kappa shape index (κ1) is 14.8. The van der Waals surface area contributed by atoms with E-state index in [1.54, 1.807) is 7.05 Å². The van der Waals surface area contributed by atoms with Crippen molar-refractivity contribution in [3.05, 3.63) is 12.4 Å². The predicted molar refractivity (Wildman–Crippen MR) is 71.7 cm³/mol. The highest BCUT2D eigenvalue weighted by Crippen LogP contribution is 2.21. The van der Waals surface area contributed by atoms with E-state index in [1.165, 1.54) is 21.4 Å². The summed E-state index contributed by atoms with van der Waals surface area (Å²) in [4.78, 5) is 0.214. The second kappa shape index (κ2) is 6.21. The summed E-state index contributed by atoms with van der Waals surface area (Å²) >= 11 is 5.61. The first-order valence-corrected chi connectivity index (χ1v) is 8.17. The maximum absolute atomic E-state index is 12.4. The van der Waals surface area contributed by atoms with Gasteiger partial charge in [-0.05, 0) is 12.8 Å². The van der Waals surface area contributed by atoms with Crippen LogP contribution in [-0.2, 0) is 21.3 Å². The summed E-state index contributed by atoms with van der Waals surface area (Å²) in [6.45, 7) is 1.71. The molecule has 8 heteroatoms. The molecule has 0 atom stereocenters. The largest absolute Gasteiger partial charge is 0.381 e. The van der Waals surface area contributed by atoms with Gasteiger partial charge in [-0.25, -0.2) is 8.42 Å². The lowest BCUT2D eigenvalue weighted by molar-refractivity contribution is 0.0632. The molecule has 1 aliphatic rings. The van der Waals surface area contributed by atoms with E-state index in [4.69, 9.17) is 16.3 Å². The topological polar surface area (TPSA) is 64.4 Å². The molecular formula is C11H18ClN3O3S. The van der Waals surface area contributed by atoms with Crippen LogP contribution in [0.25, 0.3) is 0 Å². The van der Waals surface area contributed by atoms with Crippen LogP contribution in [0.2, 0.25) is 0 Å². The average Bonchev–Trinajstić information content (AvgIpc) is 2.89. The highest BCUT2D eigenvalue weighted by molar-refractivity contribution is 7.89. The van der Waals surface area contributed by atoms with Gasteiger partial charge in [-0.2, -0.15) is 9.40 Å². The Bertz CT molecular complexity index is 511. The zero-order chi connectivity index (χ0) is 13.9. The molecule has 0 radical (unpaired) electrons. The first-order chi connectivity index (χ1) is 9.05. The van der Waals surface area contributed by atoms with Crippen LogP contribution in [0, 0.1) is 0 Å². The van der Waals surface area contributed by atoms with Crippen molar-refractivity contribution in [2.45, 2.75) is 30.3 Å². The van der Waals surface area contributed by atoms with Crippen molar-refractivity contribution in [1.82, 2.24) is 14.1 Å². The fourth-order valence-corrected chi connectivity index (χ4v) is 3.64. The van der Waals surface area contributed by atoms with Gasteiger partial charge in [-0.1, -0.05) is 0 Å². The molecule has 0 amide bonds. The molecule has 0 aliphatic carbocycles. The van der Waals surface area contributed by atoms with Gasteiger partial charge in [0.05, 0.1) is 12.7 Å². The Morgan fingerprint density at radius 2 is 2.21 bits per heavy atom. The predicted octanol–water partition coefficient (Wildman–Crippen LogP) is 0.921. The Morgan fingerprint density at radius 1 is 1.53 bits per heavy atom. The quantitative estimate of drug-likeness (QED) is 0.759. The number of alkyl halides is 1. The van der Waals surface area contributed by atoms with Crippen molar-refractivity contribution >= 4 is 21.6 Å². The molecule has 0 aromatic carbocycles. The zero-order valence-electron chi connectivity index (χ0n) is 10.8. The van der Waals surface area contributed by atoms with Crippen molar-refractivity contribution < 1.29 is 13.2 Å². The summed E-state index contributed by atoms with van der Waals surface area (Å²) < 4.78 is 33.1. The third-order valence-electron chi connectivity index (χ3n) is 3.31. The Labute approximate surface area is 118 Å². The minimum absolute atomic E-state index is 0.00451. The van der Waals surface area contributed by atoms with E-state index < -0.39 is 10.0 Å². The van der Waals surface area contributed by atoms with E-state index in [1.807, 2.05) is 0 Å². The summed E-state index contributed by atoms with van der Waals surface area (Å²) in [5, 5.41) is 4.00. The molecule has 0 spiro atoms. The Hall–Kier alpha value is -0.630. The van der Waals surface area contributed by atoms with Crippen molar-refractivity contribution in [2.24, 2.45) is 0 Å². The van der Waals surface area contributed by atoms with Gasteiger partial charge in [0.15, 0.2) is 0 Å². The normalized spacial score (nSPS) is 18.1. The van der Waals surface area contributed by atoms with Crippen molar-refractivity contribution in [1.29, 1.82) is 0 Å². The van der Waals surface area contributed by atoms with Gasteiger partial charge in [0.25, 0.3) is 0 Å². The van der Waals surface area contributed by atoms with E-state index in [0.717, 1.165) is 12.8 Å². The Morgan fingerprint density at radius 3 is 2.84 bits per heavy atom. The molecule has 0 bridgehead atoms. The number of halogens is 1. The maximum atomic E-state index is 12.4. The SMILES string of the molecule is CN(C1CCOCC1)S(=O)(=O)c1cnn(CCCl)c1. The fraction of sp³-hybridized carbons (Fsp3) is 0.727. The van der Waals surface area contributed by atoms with Gasteiger partial charge in [0, 0.05) is 38.4 Å². The highest BCUT2D eigenvalue weighted by Gasteiger charge is 2.30. The molecule has 1 aliphatic heterocycles. The third-order valence-corrected chi connectivity index (χ3v) is 5.34. The number of ether oxygens (including phenoxy) is 1. The van der Waals surface area contributed by atoms with E-state index in [2.05, 4.69) is 5.10 Å². The molecule has 108 valence electrons. The van der Waals surface area contributed by atoms with Gasteiger partial charge in [-0.3, -0.25) is 4.68 Å². The summed E-state index contributed by atoms with van der Waals surface area (Å²) in [6, 6.07) is -0.00451. The van der Waals surface area contributed by atoms with Crippen molar-refractivity contribution in [3.63, 3.8) is 0 Å². The maximum Gasteiger partial charge on any atom is 0.246 e. The third kappa shape index (κ3) is 3.28. The molecule has 1 fully saturated rings. The number of nitrogens with zero attached hydrogens (tertiary/aromatic N) is 3. The van der Waals surface area contributed by atoms with Crippen molar-refractivity contribution in [3.8, 4) is 0 Å². The van der Waals surface area contributed by atoms with Crippen LogP contribution in [0.5, 0.6) is 0 Å². The van der Waals surface area contributed by atoms with E-state index in [-0.39, 0.29) is 10.9 Å². The lowest BCUT2D eigenvalue weighted by Gasteiger charge is -2.29. The number of hydrogen-bond donors (Lipinski definition) is 0. The summed E-state index contributed by atoms with van der Waals surface area (Å²) in [6.07, 6.45) is 4.35. The van der Waals surface area contributed by atoms with Crippen LogP contribution >= 0.6 is 11.6 Å². The molecule has 6 nitrogen and oxygen atoms in total. The standard InChI is InChI=1S/C11H18ClN3O3S/c1-14(10-2-6-18-7-3-10)19(16,17)11-8-13-15(9-11)5-4-12/h8-10H,2-7H2,1H3. The number of sulfonamides is 1. The van der Waals surface area contributed by atoms with Crippen LogP contribution in [0.4, 0.5) is 0 Å². The van der Waals surface area contributed by atoms with E-state index >= 15 is 0 Å². The zero-order valence-corrected chi connectivity index (χ0v) is 12.4. The molecular weight excluding hydrogens is 290 g/mol. The smallest absolute Gasteiger partial charge is 0.246 e. The minimum atomic E-state index is -3.48. The van der Waals surface area contributed by atoms with E-state index in [9.17, 15) is 8.42 Å². The van der Waals surface area contributed by atoms with Crippen LogP contribution in [0.3, 0.4) is 0 Å². The van der Waals surface area contributed by atoms with Crippen molar-refractivity contribution in [2.75, 3.05) is 26.1 Å². The first-order valence-electron chi connectivity index (χ1n) is 6.20. The summed E-state index contributed by atoms with van der Waals surface area (Å²) in [7, 11) is -1.87. The molecule has 0 N–H and O–H groups in total. The van der Waals surface area contributed by atoms with Gasteiger partial charge < -0.3 is 4.74 Å². The average molecular weight is 308 g/mol. The molecule has 2 heterocycles. The summed E-state index contributed by atoms with van der Waals surface area (Å²) in [5.41, 5.74) is 0. The number of rotatable bonds is 5. The molecule has 19 heavy (non-hydrogen) atoms. The molecule has 2 rings (SSSR count). The second-order valence-corrected chi connectivity index (χ2v) is 6.87.